The Kier molecular flexibility index (Phi) is 4.98. The maximum Gasteiger partial charge on any atom is 0.240 e. The molecule has 0 bridgehead atoms. The second kappa shape index (κ2) is 6.56. The zero-order valence-corrected chi connectivity index (χ0v) is 13.0. The summed E-state index contributed by atoms with van der Waals surface area (Å²) in [6.07, 6.45) is 0. The molecule has 21 heavy (non-hydrogen) atoms. The molecule has 0 aliphatic heterocycles. The number of benzene rings is 2. The van der Waals surface area contributed by atoms with Crippen molar-refractivity contribution in [3.05, 3.63) is 65.5 Å². The fourth-order valence-corrected chi connectivity index (χ4v) is 3.15. The largest absolute Gasteiger partial charge is 0.240 e. The van der Waals surface area contributed by atoms with E-state index in [1.807, 2.05) is 6.92 Å². The number of alkyl halides is 1. The standard InChI is InChI=1S/C15H15ClFNO2S/c1-11-5-7-14(8-6-11)21(19,20)18-10-15(16)12-3-2-4-13(17)9-12/h2-9,15,18H,10H2,1H3. The molecule has 3 nitrogen and oxygen atoms in total. The van der Waals surface area contributed by atoms with Crippen LogP contribution in [0.25, 0.3) is 0 Å². The molecule has 0 aliphatic carbocycles. The molecule has 2 rings (SSSR count). The van der Waals surface area contributed by atoms with Crippen molar-refractivity contribution in [3.63, 3.8) is 0 Å². The van der Waals surface area contributed by atoms with Gasteiger partial charge in [-0.2, -0.15) is 0 Å². The van der Waals surface area contributed by atoms with Crippen molar-refractivity contribution >= 4 is 21.6 Å². The molecule has 2 aromatic rings. The van der Waals surface area contributed by atoms with E-state index in [4.69, 9.17) is 11.6 Å². The van der Waals surface area contributed by atoms with Crippen molar-refractivity contribution in [2.24, 2.45) is 0 Å². The Labute approximate surface area is 128 Å². The minimum atomic E-state index is -3.62. The van der Waals surface area contributed by atoms with Crippen LogP contribution in [0.1, 0.15) is 16.5 Å². The van der Waals surface area contributed by atoms with Gasteiger partial charge in [-0.3, -0.25) is 0 Å². The molecule has 1 unspecified atom stereocenters. The molecule has 0 amide bonds. The van der Waals surface area contributed by atoms with Gasteiger partial charge in [0.15, 0.2) is 0 Å². The normalized spacial score (nSPS) is 13.1. The Bertz CT molecular complexity index is 717. The van der Waals surface area contributed by atoms with Gasteiger partial charge in [-0.1, -0.05) is 29.8 Å². The summed E-state index contributed by atoms with van der Waals surface area (Å²) in [7, 11) is -3.62. The fourth-order valence-electron chi connectivity index (χ4n) is 1.80. The Hall–Kier alpha value is -1.43. The van der Waals surface area contributed by atoms with E-state index in [0.29, 0.717) is 5.56 Å². The highest BCUT2D eigenvalue weighted by atomic mass is 35.5. The third kappa shape index (κ3) is 4.27. The van der Waals surface area contributed by atoms with Gasteiger partial charge in [0.05, 0.1) is 10.3 Å². The van der Waals surface area contributed by atoms with Crippen molar-refractivity contribution in [1.29, 1.82) is 0 Å². The first-order valence-corrected chi connectivity index (χ1v) is 8.26. The molecular weight excluding hydrogens is 313 g/mol. The lowest BCUT2D eigenvalue weighted by Gasteiger charge is -2.12. The smallest absolute Gasteiger partial charge is 0.209 e. The highest BCUT2D eigenvalue weighted by Crippen LogP contribution is 2.21. The van der Waals surface area contributed by atoms with Crippen molar-refractivity contribution in [3.8, 4) is 0 Å². The number of hydrogen-bond donors (Lipinski definition) is 1. The number of nitrogens with one attached hydrogen (secondary N) is 1. The van der Waals surface area contributed by atoms with Crippen LogP contribution >= 0.6 is 11.6 Å². The third-order valence-electron chi connectivity index (χ3n) is 2.99. The molecule has 1 atom stereocenters. The van der Waals surface area contributed by atoms with Gasteiger partial charge in [0.25, 0.3) is 0 Å². The second-order valence-corrected chi connectivity index (χ2v) is 6.98. The van der Waals surface area contributed by atoms with Crippen LogP contribution in [0, 0.1) is 12.7 Å². The SMILES string of the molecule is Cc1ccc(S(=O)(=O)NCC(Cl)c2cccc(F)c2)cc1. The molecule has 0 aromatic heterocycles. The predicted octanol–water partition coefficient (Wildman–Crippen LogP) is 3.39. The van der Waals surface area contributed by atoms with Crippen LogP contribution in [0.4, 0.5) is 4.39 Å². The van der Waals surface area contributed by atoms with Gasteiger partial charge in [0, 0.05) is 6.54 Å². The molecule has 6 heteroatoms. The molecule has 0 saturated carbocycles. The van der Waals surface area contributed by atoms with E-state index in [1.54, 1.807) is 18.2 Å². The molecule has 112 valence electrons. The van der Waals surface area contributed by atoms with E-state index in [-0.39, 0.29) is 11.4 Å². The monoisotopic (exact) mass is 327 g/mol. The summed E-state index contributed by atoms with van der Waals surface area (Å²) in [6, 6.07) is 12.3. The van der Waals surface area contributed by atoms with Crippen LogP contribution in [-0.4, -0.2) is 15.0 Å². The Morgan fingerprint density at radius 2 is 1.86 bits per heavy atom. The highest BCUT2D eigenvalue weighted by molar-refractivity contribution is 7.89. The Morgan fingerprint density at radius 3 is 2.48 bits per heavy atom. The van der Waals surface area contributed by atoms with Gasteiger partial charge in [-0.15, -0.1) is 11.6 Å². The summed E-state index contributed by atoms with van der Waals surface area (Å²) in [5, 5.41) is -0.638. The Balaban J connectivity index is 2.06. The minimum Gasteiger partial charge on any atom is -0.209 e. The minimum absolute atomic E-state index is 0.0127. The third-order valence-corrected chi connectivity index (χ3v) is 4.84. The van der Waals surface area contributed by atoms with Gasteiger partial charge in [-0.05, 0) is 36.8 Å². The predicted molar refractivity (Wildman–Crippen MR) is 81.4 cm³/mol. The first-order valence-electron chi connectivity index (χ1n) is 6.34. The number of sulfonamides is 1. The van der Waals surface area contributed by atoms with Crippen LogP contribution in [0.3, 0.4) is 0 Å². The van der Waals surface area contributed by atoms with Gasteiger partial charge >= 0.3 is 0 Å². The first kappa shape index (κ1) is 15.9. The second-order valence-electron chi connectivity index (χ2n) is 4.69. The lowest BCUT2D eigenvalue weighted by atomic mass is 10.1. The van der Waals surface area contributed by atoms with E-state index in [2.05, 4.69) is 4.72 Å². The molecule has 2 aromatic carbocycles. The summed E-state index contributed by atoms with van der Waals surface area (Å²) in [6.45, 7) is 1.86. The molecule has 0 fully saturated rings. The van der Waals surface area contributed by atoms with Gasteiger partial charge in [-0.25, -0.2) is 17.5 Å². The summed E-state index contributed by atoms with van der Waals surface area (Å²) in [4.78, 5) is 0.177. The summed E-state index contributed by atoms with van der Waals surface area (Å²) >= 11 is 6.10. The molecule has 1 N–H and O–H groups in total. The average molecular weight is 328 g/mol. The van der Waals surface area contributed by atoms with Crippen molar-refractivity contribution in [2.75, 3.05) is 6.54 Å². The zero-order chi connectivity index (χ0) is 15.5. The van der Waals surface area contributed by atoms with E-state index in [1.165, 1.54) is 30.3 Å². The van der Waals surface area contributed by atoms with Crippen LogP contribution in [0.15, 0.2) is 53.4 Å². The Morgan fingerprint density at radius 1 is 1.19 bits per heavy atom. The summed E-state index contributed by atoms with van der Waals surface area (Å²) in [5.74, 6) is -0.403. The van der Waals surface area contributed by atoms with Crippen LogP contribution in [-0.2, 0) is 10.0 Å². The van der Waals surface area contributed by atoms with E-state index in [0.717, 1.165) is 5.56 Å². The van der Waals surface area contributed by atoms with Crippen molar-refractivity contribution in [1.82, 2.24) is 4.72 Å². The lowest BCUT2D eigenvalue weighted by Crippen LogP contribution is -2.27. The number of hydrogen-bond acceptors (Lipinski definition) is 2. The molecule has 0 saturated heterocycles. The summed E-state index contributed by atoms with van der Waals surface area (Å²) in [5.41, 5.74) is 1.51. The number of halogens is 2. The van der Waals surface area contributed by atoms with Gasteiger partial charge < -0.3 is 0 Å². The topological polar surface area (TPSA) is 46.2 Å². The highest BCUT2D eigenvalue weighted by Gasteiger charge is 2.16. The van der Waals surface area contributed by atoms with E-state index >= 15 is 0 Å². The van der Waals surface area contributed by atoms with Crippen LogP contribution in [0.2, 0.25) is 0 Å². The lowest BCUT2D eigenvalue weighted by molar-refractivity contribution is 0.580. The van der Waals surface area contributed by atoms with E-state index < -0.39 is 21.2 Å². The zero-order valence-electron chi connectivity index (χ0n) is 11.4. The summed E-state index contributed by atoms with van der Waals surface area (Å²) < 4.78 is 39.7. The van der Waals surface area contributed by atoms with Crippen molar-refractivity contribution in [2.45, 2.75) is 17.2 Å². The molecule has 0 radical (unpaired) electrons. The fraction of sp³-hybridized carbons (Fsp3) is 0.200. The quantitative estimate of drug-likeness (QED) is 0.856. The average Bonchev–Trinajstić information content (AvgIpc) is 2.45. The van der Waals surface area contributed by atoms with Crippen molar-refractivity contribution < 1.29 is 12.8 Å². The maximum atomic E-state index is 13.1. The molecule has 0 spiro atoms. The van der Waals surface area contributed by atoms with E-state index in [9.17, 15) is 12.8 Å². The molecule has 0 heterocycles. The molecule has 0 aliphatic rings. The number of aryl methyl sites for hydroxylation is 1. The van der Waals surface area contributed by atoms with Crippen LogP contribution < -0.4 is 4.72 Å². The van der Waals surface area contributed by atoms with Gasteiger partial charge in [0.2, 0.25) is 10.0 Å². The maximum absolute atomic E-state index is 13.1. The van der Waals surface area contributed by atoms with Gasteiger partial charge in [0.1, 0.15) is 5.82 Å². The number of rotatable bonds is 5. The first-order chi connectivity index (χ1) is 9.88. The van der Waals surface area contributed by atoms with Crippen LogP contribution in [0.5, 0.6) is 0 Å². The molecular formula is C15H15ClFNO2S.